The van der Waals surface area contributed by atoms with Gasteiger partial charge < -0.3 is 5.11 Å². The van der Waals surface area contributed by atoms with Crippen LogP contribution >= 0.6 is 27.7 Å². The van der Waals surface area contributed by atoms with Crippen LogP contribution in [-0.2, 0) is 10.2 Å². The molecule has 5 heteroatoms. The summed E-state index contributed by atoms with van der Waals surface area (Å²) < 4.78 is 14.6. The second-order valence-electron chi connectivity index (χ2n) is 4.57. The third-order valence-electron chi connectivity index (χ3n) is 3.62. The molecule has 98 valence electrons. The zero-order valence-corrected chi connectivity index (χ0v) is 12.4. The highest BCUT2D eigenvalue weighted by molar-refractivity contribution is 9.10. The van der Waals surface area contributed by atoms with Gasteiger partial charge >= 0.3 is 5.97 Å². The minimum atomic E-state index is -0.902. The zero-order chi connectivity index (χ0) is 13.3. The third-order valence-corrected chi connectivity index (χ3v) is 5.33. The van der Waals surface area contributed by atoms with Crippen LogP contribution in [0.1, 0.15) is 31.2 Å². The summed E-state index contributed by atoms with van der Waals surface area (Å²) in [5.74, 6) is -1.19. The number of benzene rings is 1. The molecule has 0 aliphatic heterocycles. The molecule has 0 unspecified atom stereocenters. The van der Waals surface area contributed by atoms with Gasteiger partial charge in [-0.15, -0.1) is 11.8 Å². The molecule has 1 aromatic carbocycles. The maximum atomic E-state index is 14.0. The van der Waals surface area contributed by atoms with Crippen LogP contribution in [0.5, 0.6) is 0 Å². The van der Waals surface area contributed by atoms with Crippen LogP contribution in [-0.4, -0.2) is 17.3 Å². The summed E-state index contributed by atoms with van der Waals surface area (Å²) in [5, 5.41) is 9.48. The SMILES string of the molecule is CSc1c(F)cc(C2(C(=O)O)CCCC2)cc1Br. The Morgan fingerprint density at radius 1 is 1.44 bits per heavy atom. The van der Waals surface area contributed by atoms with Crippen LogP contribution in [0.3, 0.4) is 0 Å². The van der Waals surface area contributed by atoms with Crippen molar-refractivity contribution in [2.45, 2.75) is 36.0 Å². The predicted molar refractivity (Wildman–Crippen MR) is 73.7 cm³/mol. The molecule has 1 saturated carbocycles. The molecule has 0 heterocycles. The number of hydrogen-bond acceptors (Lipinski definition) is 2. The number of rotatable bonds is 3. The Hall–Kier alpha value is -0.550. The Morgan fingerprint density at radius 2 is 2.06 bits per heavy atom. The first-order chi connectivity index (χ1) is 8.51. The average molecular weight is 333 g/mol. The summed E-state index contributed by atoms with van der Waals surface area (Å²) >= 11 is 4.64. The van der Waals surface area contributed by atoms with Gasteiger partial charge in [0, 0.05) is 4.47 Å². The van der Waals surface area contributed by atoms with Crippen LogP contribution < -0.4 is 0 Å². The molecule has 2 rings (SSSR count). The molecule has 1 aromatic rings. The lowest BCUT2D eigenvalue weighted by molar-refractivity contribution is -0.143. The van der Waals surface area contributed by atoms with Gasteiger partial charge in [-0.3, -0.25) is 4.79 Å². The molecular weight excluding hydrogens is 319 g/mol. The summed E-state index contributed by atoms with van der Waals surface area (Å²) in [5.41, 5.74) is -0.324. The molecule has 0 spiro atoms. The van der Waals surface area contributed by atoms with Crippen molar-refractivity contribution in [3.8, 4) is 0 Å². The summed E-state index contributed by atoms with van der Waals surface area (Å²) in [4.78, 5) is 12.1. The standard InChI is InChI=1S/C13H14BrFO2S/c1-18-11-9(14)6-8(7-10(11)15)13(12(16)17)4-2-3-5-13/h6-7H,2-5H2,1H3,(H,16,17). The van der Waals surface area contributed by atoms with Crippen molar-refractivity contribution in [1.29, 1.82) is 0 Å². The van der Waals surface area contributed by atoms with Crippen molar-refractivity contribution in [1.82, 2.24) is 0 Å². The molecule has 0 bridgehead atoms. The molecule has 0 aromatic heterocycles. The van der Waals surface area contributed by atoms with Gasteiger partial charge in [-0.1, -0.05) is 12.8 Å². The molecule has 0 saturated heterocycles. The van der Waals surface area contributed by atoms with E-state index in [1.54, 1.807) is 12.3 Å². The van der Waals surface area contributed by atoms with Gasteiger partial charge in [0.05, 0.1) is 10.3 Å². The molecular formula is C13H14BrFO2S. The molecule has 0 amide bonds. The van der Waals surface area contributed by atoms with E-state index in [2.05, 4.69) is 15.9 Å². The van der Waals surface area contributed by atoms with Crippen LogP contribution in [0.15, 0.2) is 21.5 Å². The Balaban J connectivity index is 2.53. The monoisotopic (exact) mass is 332 g/mol. The lowest BCUT2D eigenvalue weighted by Crippen LogP contribution is -2.32. The summed E-state index contributed by atoms with van der Waals surface area (Å²) in [7, 11) is 0. The predicted octanol–water partition coefficient (Wildman–Crippen LogP) is 4.21. The average Bonchev–Trinajstić information content (AvgIpc) is 2.78. The smallest absolute Gasteiger partial charge is 0.314 e. The van der Waals surface area contributed by atoms with Crippen molar-refractivity contribution >= 4 is 33.7 Å². The first kappa shape index (κ1) is 13.9. The molecule has 1 aliphatic rings. The number of halogens is 2. The maximum Gasteiger partial charge on any atom is 0.314 e. The number of hydrogen-bond donors (Lipinski definition) is 1. The van der Waals surface area contributed by atoms with Crippen molar-refractivity contribution in [2.24, 2.45) is 0 Å². The minimum absolute atomic E-state index is 0.348. The van der Waals surface area contributed by atoms with Crippen molar-refractivity contribution in [2.75, 3.05) is 6.26 Å². The van der Waals surface area contributed by atoms with E-state index in [0.717, 1.165) is 12.8 Å². The summed E-state index contributed by atoms with van der Waals surface area (Å²) in [6.07, 6.45) is 4.75. The second-order valence-corrected chi connectivity index (χ2v) is 6.24. The van der Waals surface area contributed by atoms with Gasteiger partial charge in [0.1, 0.15) is 5.82 Å². The Morgan fingerprint density at radius 3 is 2.50 bits per heavy atom. The zero-order valence-electron chi connectivity index (χ0n) is 10.0. The summed E-state index contributed by atoms with van der Waals surface area (Å²) in [6.45, 7) is 0. The van der Waals surface area contributed by atoms with E-state index in [0.29, 0.717) is 27.8 Å². The van der Waals surface area contributed by atoms with E-state index in [1.165, 1.54) is 17.8 Å². The van der Waals surface area contributed by atoms with E-state index in [4.69, 9.17) is 0 Å². The van der Waals surface area contributed by atoms with Gasteiger partial charge in [-0.05, 0) is 52.7 Å². The van der Waals surface area contributed by atoms with E-state index in [9.17, 15) is 14.3 Å². The number of thioether (sulfide) groups is 1. The van der Waals surface area contributed by atoms with Crippen LogP contribution in [0.4, 0.5) is 4.39 Å². The quantitative estimate of drug-likeness (QED) is 0.842. The molecule has 1 aliphatic carbocycles. The fraction of sp³-hybridized carbons (Fsp3) is 0.462. The molecule has 1 N–H and O–H groups in total. The van der Waals surface area contributed by atoms with Gasteiger partial charge in [-0.25, -0.2) is 4.39 Å². The lowest BCUT2D eigenvalue weighted by Gasteiger charge is -2.25. The van der Waals surface area contributed by atoms with Gasteiger partial charge in [-0.2, -0.15) is 0 Å². The van der Waals surface area contributed by atoms with Crippen LogP contribution in [0, 0.1) is 5.82 Å². The molecule has 0 radical (unpaired) electrons. The Kier molecular flexibility index (Phi) is 4.02. The number of carboxylic acids is 1. The highest BCUT2D eigenvalue weighted by Crippen LogP contribution is 2.43. The Labute approximate surface area is 118 Å². The highest BCUT2D eigenvalue weighted by atomic mass is 79.9. The van der Waals surface area contributed by atoms with Crippen molar-refractivity contribution < 1.29 is 14.3 Å². The van der Waals surface area contributed by atoms with Gasteiger partial charge in [0.25, 0.3) is 0 Å². The molecule has 18 heavy (non-hydrogen) atoms. The van der Waals surface area contributed by atoms with E-state index < -0.39 is 11.4 Å². The third kappa shape index (κ3) is 2.18. The lowest BCUT2D eigenvalue weighted by atomic mass is 9.79. The second kappa shape index (κ2) is 5.21. The normalized spacial score (nSPS) is 17.9. The van der Waals surface area contributed by atoms with Crippen LogP contribution in [0.25, 0.3) is 0 Å². The van der Waals surface area contributed by atoms with Crippen LogP contribution in [0.2, 0.25) is 0 Å². The number of aliphatic carboxylic acids is 1. The topological polar surface area (TPSA) is 37.3 Å². The molecule has 1 fully saturated rings. The van der Waals surface area contributed by atoms with Crippen molar-refractivity contribution in [3.63, 3.8) is 0 Å². The minimum Gasteiger partial charge on any atom is -0.481 e. The first-order valence-electron chi connectivity index (χ1n) is 5.78. The largest absolute Gasteiger partial charge is 0.481 e. The Bertz CT molecular complexity index is 461. The van der Waals surface area contributed by atoms with E-state index >= 15 is 0 Å². The molecule has 0 atom stereocenters. The molecule has 2 nitrogen and oxygen atoms in total. The van der Waals surface area contributed by atoms with E-state index in [1.807, 2.05) is 0 Å². The fourth-order valence-electron chi connectivity index (χ4n) is 2.64. The van der Waals surface area contributed by atoms with Crippen molar-refractivity contribution in [3.05, 3.63) is 28.0 Å². The van der Waals surface area contributed by atoms with Gasteiger partial charge in [0.2, 0.25) is 0 Å². The highest BCUT2D eigenvalue weighted by Gasteiger charge is 2.43. The maximum absolute atomic E-state index is 14.0. The first-order valence-corrected chi connectivity index (χ1v) is 7.80. The van der Waals surface area contributed by atoms with Gasteiger partial charge in [0.15, 0.2) is 0 Å². The number of carbonyl (C=O) groups is 1. The fourth-order valence-corrected chi connectivity index (χ4v) is 4.07. The summed E-state index contributed by atoms with van der Waals surface area (Å²) in [6, 6.07) is 3.14. The van der Waals surface area contributed by atoms with E-state index in [-0.39, 0.29) is 5.82 Å². The number of carboxylic acid groups (broad SMARTS) is 1.